The maximum absolute atomic E-state index is 13.4. The summed E-state index contributed by atoms with van der Waals surface area (Å²) in [5.74, 6) is 0.232. The lowest BCUT2D eigenvalue weighted by atomic mass is 10.2. The van der Waals surface area contributed by atoms with Crippen molar-refractivity contribution in [1.29, 1.82) is 0 Å². The molecule has 0 aliphatic carbocycles. The molecule has 0 aromatic carbocycles. The number of aromatic nitrogens is 5. The number of carbonyl (C=O) groups is 3. The molecule has 16 heteroatoms. The number of oxazole rings is 1. The maximum atomic E-state index is 13.4. The lowest BCUT2D eigenvalue weighted by Gasteiger charge is -2.19. The van der Waals surface area contributed by atoms with Gasteiger partial charge in [-0.2, -0.15) is 0 Å². The van der Waals surface area contributed by atoms with Crippen molar-refractivity contribution in [3.05, 3.63) is 69.1 Å². The van der Waals surface area contributed by atoms with E-state index in [1.165, 1.54) is 40.8 Å². The summed E-state index contributed by atoms with van der Waals surface area (Å²) in [6.45, 7) is 5.56. The molecule has 6 heterocycles. The van der Waals surface area contributed by atoms with Crippen LogP contribution in [-0.4, -0.2) is 48.0 Å². The predicted octanol–water partition coefficient (Wildman–Crippen LogP) is 4.37. The molecule has 0 saturated heterocycles. The van der Waals surface area contributed by atoms with E-state index < -0.39 is 29.2 Å². The van der Waals surface area contributed by atoms with Crippen LogP contribution in [0.1, 0.15) is 53.6 Å². The molecule has 44 heavy (non-hydrogen) atoms. The fourth-order valence-electron chi connectivity index (χ4n) is 4.57. The highest BCUT2D eigenvalue weighted by molar-refractivity contribution is 7.19. The molecule has 1 aliphatic rings. The molecule has 0 spiro atoms. The Labute approximate surface area is 257 Å². The number of ether oxygens (including phenoxy) is 1. The van der Waals surface area contributed by atoms with E-state index >= 15 is 0 Å². The number of hydrogen-bond acceptors (Lipinski definition) is 12. The Bertz CT molecular complexity index is 1940. The minimum atomic E-state index is -0.775. The van der Waals surface area contributed by atoms with Gasteiger partial charge in [0.2, 0.25) is 5.91 Å². The van der Waals surface area contributed by atoms with Crippen molar-refractivity contribution in [1.82, 2.24) is 29.8 Å². The summed E-state index contributed by atoms with van der Waals surface area (Å²) in [5.41, 5.74) is -1.20. The topological polar surface area (TPSA) is 183 Å². The molecule has 14 nitrogen and oxygen atoms in total. The van der Waals surface area contributed by atoms with Gasteiger partial charge in [0.15, 0.2) is 5.01 Å². The summed E-state index contributed by atoms with van der Waals surface area (Å²) < 4.78 is 12.7. The molecule has 0 radical (unpaired) electrons. The zero-order chi connectivity index (χ0) is 31.0. The lowest BCUT2D eigenvalue weighted by Crippen LogP contribution is -2.36. The molecule has 1 atom stereocenters. The third-order valence-electron chi connectivity index (χ3n) is 6.44. The Hall–Kier alpha value is -4.96. The van der Waals surface area contributed by atoms with Crippen LogP contribution in [0, 0.1) is 0 Å². The van der Waals surface area contributed by atoms with Crippen molar-refractivity contribution < 1.29 is 23.5 Å². The van der Waals surface area contributed by atoms with Crippen molar-refractivity contribution in [2.24, 2.45) is 0 Å². The highest BCUT2D eigenvalue weighted by Crippen LogP contribution is 2.29. The van der Waals surface area contributed by atoms with E-state index in [1.54, 1.807) is 33.0 Å². The number of rotatable bonds is 7. The number of thiophene rings is 1. The van der Waals surface area contributed by atoms with Crippen LogP contribution in [0.2, 0.25) is 0 Å². The Kier molecular flexibility index (Phi) is 7.69. The third kappa shape index (κ3) is 6.21. The molecule has 3 N–H and O–H groups in total. The van der Waals surface area contributed by atoms with Crippen molar-refractivity contribution in [2.75, 3.05) is 10.6 Å². The summed E-state index contributed by atoms with van der Waals surface area (Å²) in [6, 6.07) is 2.87. The van der Waals surface area contributed by atoms with Crippen molar-refractivity contribution in [3.63, 3.8) is 0 Å². The molecule has 226 valence electrons. The van der Waals surface area contributed by atoms with E-state index in [-0.39, 0.29) is 28.9 Å². The Morgan fingerprint density at radius 3 is 2.68 bits per heavy atom. The van der Waals surface area contributed by atoms with Crippen LogP contribution in [0.5, 0.6) is 0 Å². The number of hydrogen-bond donors (Lipinski definition) is 3. The smallest absolute Gasteiger partial charge is 0.413 e. The fraction of sp³-hybridized carbons (Fsp3) is 0.286. The van der Waals surface area contributed by atoms with Crippen LogP contribution in [0.25, 0.3) is 21.0 Å². The van der Waals surface area contributed by atoms with Crippen molar-refractivity contribution >= 4 is 62.2 Å². The predicted molar refractivity (Wildman–Crippen MR) is 163 cm³/mol. The maximum Gasteiger partial charge on any atom is 0.413 e. The van der Waals surface area contributed by atoms with E-state index in [1.807, 2.05) is 6.07 Å². The van der Waals surface area contributed by atoms with Gasteiger partial charge in [0.1, 0.15) is 40.1 Å². The molecule has 6 rings (SSSR count). The zero-order valence-corrected chi connectivity index (χ0v) is 25.4. The first-order chi connectivity index (χ1) is 21.0. The molecule has 5 aromatic heterocycles. The summed E-state index contributed by atoms with van der Waals surface area (Å²) >= 11 is 2.51. The minimum absolute atomic E-state index is 0.0441. The molecule has 0 saturated carbocycles. The van der Waals surface area contributed by atoms with E-state index in [4.69, 9.17) is 9.15 Å². The van der Waals surface area contributed by atoms with Crippen LogP contribution in [0.4, 0.5) is 16.3 Å². The standard InChI is InChI=1S/C28H26N8O6S2/c1-28(2,3)42-27(40)35-20-9-18-14(10-30-20)8-15(43-18)11-32-22(37)17-4-5-21-31-12-16(26(39)36(17)21)34-23(38)19-13-33-25(44-19)24-29-6-7-41-24/h6-10,12-13,17H,4-5,11H2,1-3H3,(H,32,37)(H,34,38)(H,30,35,40)/t17-/m0/s1. The molecule has 0 fully saturated rings. The highest BCUT2D eigenvalue weighted by Gasteiger charge is 2.31. The van der Waals surface area contributed by atoms with Crippen LogP contribution in [0.15, 0.2) is 52.4 Å². The Balaban J connectivity index is 1.11. The number of thiazole rings is 1. The second-order valence-electron chi connectivity index (χ2n) is 10.8. The van der Waals surface area contributed by atoms with E-state index in [9.17, 15) is 19.2 Å². The SMILES string of the molecule is CC(C)(C)OC(=O)Nc1cc2sc(CNC(=O)[C@@H]3CCc4ncc(NC(=O)c5cnc(-c6ncco6)s5)c(=O)n43)cc2cn1. The number of amides is 3. The second kappa shape index (κ2) is 11.6. The molecule has 5 aromatic rings. The van der Waals surface area contributed by atoms with Crippen molar-refractivity contribution in [2.45, 2.75) is 51.8 Å². The first kappa shape index (κ1) is 29.1. The van der Waals surface area contributed by atoms with Gasteiger partial charge in [0, 0.05) is 27.6 Å². The molecule has 0 unspecified atom stereocenters. The third-order valence-corrected chi connectivity index (χ3v) is 8.52. The number of pyridine rings is 1. The largest absolute Gasteiger partial charge is 0.444 e. The summed E-state index contributed by atoms with van der Waals surface area (Å²) in [4.78, 5) is 69.4. The number of aryl methyl sites for hydroxylation is 1. The lowest BCUT2D eigenvalue weighted by molar-refractivity contribution is -0.124. The van der Waals surface area contributed by atoms with Crippen LogP contribution >= 0.6 is 22.7 Å². The number of nitrogens with one attached hydrogen (secondary N) is 3. The first-order valence-corrected chi connectivity index (χ1v) is 15.1. The molecule has 3 amide bonds. The van der Waals surface area contributed by atoms with E-state index in [2.05, 4.69) is 35.9 Å². The van der Waals surface area contributed by atoms with E-state index in [0.29, 0.717) is 29.5 Å². The second-order valence-corrected chi connectivity index (χ2v) is 13.0. The van der Waals surface area contributed by atoms with Gasteiger partial charge in [-0.3, -0.25) is 24.3 Å². The normalized spacial score (nSPS) is 14.3. The van der Waals surface area contributed by atoms with Gasteiger partial charge in [-0.25, -0.2) is 24.7 Å². The monoisotopic (exact) mass is 634 g/mol. The minimum Gasteiger partial charge on any atom is -0.444 e. The quantitative estimate of drug-likeness (QED) is 0.232. The van der Waals surface area contributed by atoms with Crippen molar-refractivity contribution in [3.8, 4) is 10.9 Å². The first-order valence-electron chi connectivity index (χ1n) is 13.5. The highest BCUT2D eigenvalue weighted by atomic mass is 32.1. The molecule has 1 aliphatic heterocycles. The number of carbonyl (C=O) groups excluding carboxylic acids is 3. The van der Waals surface area contributed by atoms with Crippen LogP contribution in [-0.2, 0) is 22.5 Å². The average molecular weight is 635 g/mol. The van der Waals surface area contributed by atoms with Gasteiger partial charge in [0.25, 0.3) is 17.4 Å². The number of nitrogens with zero attached hydrogens (tertiary/aromatic N) is 5. The number of anilines is 2. The Morgan fingerprint density at radius 1 is 1.07 bits per heavy atom. The summed E-state index contributed by atoms with van der Waals surface area (Å²) in [6.07, 6.45) is 7.44. The van der Waals surface area contributed by atoms with Gasteiger partial charge in [-0.15, -0.1) is 22.7 Å². The number of fused-ring (bicyclic) bond motifs is 2. The van der Waals surface area contributed by atoms with Gasteiger partial charge < -0.3 is 19.8 Å². The molecule has 0 bridgehead atoms. The zero-order valence-electron chi connectivity index (χ0n) is 23.7. The van der Waals surface area contributed by atoms with E-state index in [0.717, 1.165) is 26.3 Å². The average Bonchev–Trinajstić information content (AvgIpc) is 3.77. The van der Waals surface area contributed by atoms with Crippen LogP contribution in [0.3, 0.4) is 0 Å². The molecular weight excluding hydrogens is 608 g/mol. The van der Waals surface area contributed by atoms with Gasteiger partial charge in [0.05, 0.1) is 25.1 Å². The fourth-order valence-corrected chi connectivity index (χ4v) is 6.34. The summed E-state index contributed by atoms with van der Waals surface area (Å²) in [7, 11) is 0. The van der Waals surface area contributed by atoms with Gasteiger partial charge >= 0.3 is 6.09 Å². The Morgan fingerprint density at radius 2 is 1.91 bits per heavy atom. The van der Waals surface area contributed by atoms with Gasteiger partial charge in [-0.1, -0.05) is 0 Å². The van der Waals surface area contributed by atoms with Crippen LogP contribution < -0.4 is 21.5 Å². The summed E-state index contributed by atoms with van der Waals surface area (Å²) in [5, 5.41) is 9.40. The molecular formula is C28H26N8O6S2. The van der Waals surface area contributed by atoms with Gasteiger partial charge in [-0.05, 0) is 39.3 Å².